The van der Waals surface area contributed by atoms with E-state index in [0.717, 1.165) is 17.8 Å². The first-order chi connectivity index (χ1) is 7.90. The quantitative estimate of drug-likeness (QED) is 0.855. The Labute approximate surface area is 103 Å². The third kappa shape index (κ3) is 2.63. The van der Waals surface area contributed by atoms with Crippen LogP contribution in [0.4, 0.5) is 0 Å². The number of aromatic nitrogens is 1. The summed E-state index contributed by atoms with van der Waals surface area (Å²) < 4.78 is 0. The zero-order valence-electron chi connectivity index (χ0n) is 9.69. The van der Waals surface area contributed by atoms with Crippen molar-refractivity contribution in [3.63, 3.8) is 0 Å². The summed E-state index contributed by atoms with van der Waals surface area (Å²) in [4.78, 5) is 26.0. The minimum absolute atomic E-state index is 0.0769. The molecule has 1 atom stereocenters. The van der Waals surface area contributed by atoms with Crippen molar-refractivity contribution < 1.29 is 14.7 Å². The van der Waals surface area contributed by atoms with E-state index in [1.165, 1.54) is 5.38 Å². The van der Waals surface area contributed by atoms with E-state index in [1.54, 1.807) is 0 Å². The highest BCUT2D eigenvalue weighted by molar-refractivity contribution is 7.11. The summed E-state index contributed by atoms with van der Waals surface area (Å²) in [5, 5.41) is 13.1. The molecule has 1 unspecified atom stereocenters. The summed E-state index contributed by atoms with van der Waals surface area (Å²) in [6.07, 6.45) is 1.12. The average molecular weight is 254 g/mol. The van der Waals surface area contributed by atoms with Gasteiger partial charge in [0.1, 0.15) is 0 Å². The third-order valence-corrected chi connectivity index (χ3v) is 3.99. The Bertz CT molecular complexity index is 467. The molecule has 6 heteroatoms. The van der Waals surface area contributed by atoms with Crippen LogP contribution in [-0.4, -0.2) is 28.5 Å². The standard InChI is InChI=1S/C11H14N2O3S/c1-11(2)3-6(11)4-12-8(14)9-13-7(5-17-9)10(15)16/h5-6H,3-4H2,1-2H3,(H,12,14)(H,15,16). The molecule has 92 valence electrons. The number of hydrogen-bond donors (Lipinski definition) is 2. The summed E-state index contributed by atoms with van der Waals surface area (Å²) >= 11 is 1.05. The number of nitrogens with one attached hydrogen (secondary N) is 1. The maximum atomic E-state index is 11.7. The molecule has 0 aliphatic heterocycles. The van der Waals surface area contributed by atoms with Crippen molar-refractivity contribution in [2.24, 2.45) is 11.3 Å². The van der Waals surface area contributed by atoms with Gasteiger partial charge in [-0.3, -0.25) is 4.79 Å². The van der Waals surface area contributed by atoms with E-state index in [0.29, 0.717) is 17.9 Å². The Morgan fingerprint density at radius 3 is 2.76 bits per heavy atom. The molecule has 1 aliphatic carbocycles. The summed E-state index contributed by atoms with van der Waals surface area (Å²) in [5.41, 5.74) is 0.245. The van der Waals surface area contributed by atoms with Crippen LogP contribution in [0.25, 0.3) is 0 Å². The minimum atomic E-state index is -1.11. The number of aromatic carboxylic acids is 1. The fourth-order valence-corrected chi connectivity index (χ4v) is 2.40. The van der Waals surface area contributed by atoms with E-state index >= 15 is 0 Å². The van der Waals surface area contributed by atoms with Gasteiger partial charge in [0.05, 0.1) is 0 Å². The van der Waals surface area contributed by atoms with Crippen molar-refractivity contribution >= 4 is 23.2 Å². The molecule has 1 saturated carbocycles. The second kappa shape index (κ2) is 4.10. The molecule has 1 aromatic rings. The van der Waals surface area contributed by atoms with Crippen LogP contribution in [-0.2, 0) is 0 Å². The third-order valence-electron chi connectivity index (χ3n) is 3.14. The summed E-state index contributed by atoms with van der Waals surface area (Å²) in [5.74, 6) is -0.876. The van der Waals surface area contributed by atoms with Gasteiger partial charge in [0, 0.05) is 11.9 Å². The number of carbonyl (C=O) groups is 2. The van der Waals surface area contributed by atoms with Crippen molar-refractivity contribution in [3.8, 4) is 0 Å². The van der Waals surface area contributed by atoms with Gasteiger partial charge >= 0.3 is 5.97 Å². The van der Waals surface area contributed by atoms with E-state index in [2.05, 4.69) is 24.1 Å². The SMILES string of the molecule is CC1(C)CC1CNC(=O)c1nc(C(=O)O)cs1. The monoisotopic (exact) mass is 254 g/mol. The van der Waals surface area contributed by atoms with Gasteiger partial charge in [-0.2, -0.15) is 0 Å². The summed E-state index contributed by atoms with van der Waals surface area (Å²) in [6, 6.07) is 0. The average Bonchev–Trinajstić information content (AvgIpc) is 2.68. The Balaban J connectivity index is 1.89. The number of carbonyl (C=O) groups excluding carboxylic acids is 1. The highest BCUT2D eigenvalue weighted by atomic mass is 32.1. The van der Waals surface area contributed by atoms with Crippen LogP contribution in [0, 0.1) is 11.3 Å². The van der Waals surface area contributed by atoms with Crippen molar-refractivity contribution in [1.82, 2.24) is 10.3 Å². The molecular formula is C11H14N2O3S. The molecule has 17 heavy (non-hydrogen) atoms. The number of thiazole rings is 1. The molecule has 1 amide bonds. The number of amides is 1. The lowest BCUT2D eigenvalue weighted by Crippen LogP contribution is -2.26. The Kier molecular flexibility index (Phi) is 2.91. The molecule has 1 aliphatic rings. The number of carboxylic acids is 1. The Hall–Kier alpha value is -1.43. The van der Waals surface area contributed by atoms with Gasteiger partial charge in [-0.05, 0) is 17.8 Å². The predicted octanol–water partition coefficient (Wildman–Crippen LogP) is 1.62. The highest BCUT2D eigenvalue weighted by Gasteiger charge is 2.45. The predicted molar refractivity (Wildman–Crippen MR) is 63.3 cm³/mol. The molecule has 2 rings (SSSR count). The molecule has 1 heterocycles. The highest BCUT2D eigenvalue weighted by Crippen LogP contribution is 2.50. The maximum absolute atomic E-state index is 11.7. The van der Waals surface area contributed by atoms with Crippen molar-refractivity contribution in [3.05, 3.63) is 16.1 Å². The molecule has 2 N–H and O–H groups in total. The van der Waals surface area contributed by atoms with Crippen LogP contribution < -0.4 is 5.32 Å². The van der Waals surface area contributed by atoms with E-state index in [9.17, 15) is 9.59 Å². The molecule has 0 saturated heterocycles. The zero-order chi connectivity index (χ0) is 12.6. The van der Waals surface area contributed by atoms with Gasteiger partial charge < -0.3 is 10.4 Å². The lowest BCUT2D eigenvalue weighted by molar-refractivity contribution is 0.0691. The number of carboxylic acid groups (broad SMARTS) is 1. The zero-order valence-corrected chi connectivity index (χ0v) is 10.5. The van der Waals surface area contributed by atoms with Crippen LogP contribution >= 0.6 is 11.3 Å². The molecule has 1 fully saturated rings. The first kappa shape index (κ1) is 12.0. The van der Waals surface area contributed by atoms with Crippen molar-refractivity contribution in [2.75, 3.05) is 6.54 Å². The maximum Gasteiger partial charge on any atom is 0.355 e. The lowest BCUT2D eigenvalue weighted by atomic mass is 10.1. The second-order valence-electron chi connectivity index (χ2n) is 4.94. The fraction of sp³-hybridized carbons (Fsp3) is 0.545. The first-order valence-electron chi connectivity index (χ1n) is 5.37. The van der Waals surface area contributed by atoms with Gasteiger partial charge in [0.2, 0.25) is 0 Å². The number of rotatable bonds is 4. The van der Waals surface area contributed by atoms with Crippen LogP contribution in [0.2, 0.25) is 0 Å². The normalized spacial score (nSPS) is 20.9. The van der Waals surface area contributed by atoms with Gasteiger partial charge in [-0.15, -0.1) is 11.3 Å². The molecular weight excluding hydrogens is 240 g/mol. The van der Waals surface area contributed by atoms with Crippen LogP contribution in [0.3, 0.4) is 0 Å². The Morgan fingerprint density at radius 2 is 2.29 bits per heavy atom. The van der Waals surface area contributed by atoms with Crippen molar-refractivity contribution in [2.45, 2.75) is 20.3 Å². The molecule has 5 nitrogen and oxygen atoms in total. The molecule has 0 bridgehead atoms. The Morgan fingerprint density at radius 1 is 1.65 bits per heavy atom. The molecule has 0 spiro atoms. The van der Waals surface area contributed by atoms with Gasteiger partial charge in [-0.1, -0.05) is 13.8 Å². The summed E-state index contributed by atoms with van der Waals surface area (Å²) in [7, 11) is 0. The minimum Gasteiger partial charge on any atom is -0.476 e. The summed E-state index contributed by atoms with van der Waals surface area (Å²) in [6.45, 7) is 4.96. The van der Waals surface area contributed by atoms with E-state index in [4.69, 9.17) is 5.11 Å². The van der Waals surface area contributed by atoms with Gasteiger partial charge in [0.25, 0.3) is 5.91 Å². The number of nitrogens with zero attached hydrogens (tertiary/aromatic N) is 1. The van der Waals surface area contributed by atoms with E-state index < -0.39 is 5.97 Å². The first-order valence-corrected chi connectivity index (χ1v) is 6.25. The number of hydrogen-bond acceptors (Lipinski definition) is 4. The van der Waals surface area contributed by atoms with E-state index in [-0.39, 0.29) is 16.6 Å². The molecule has 1 aromatic heterocycles. The van der Waals surface area contributed by atoms with E-state index in [1.807, 2.05) is 0 Å². The van der Waals surface area contributed by atoms with Gasteiger partial charge in [-0.25, -0.2) is 9.78 Å². The second-order valence-corrected chi connectivity index (χ2v) is 5.80. The molecule has 0 aromatic carbocycles. The fourth-order valence-electron chi connectivity index (χ4n) is 1.69. The van der Waals surface area contributed by atoms with Crippen molar-refractivity contribution in [1.29, 1.82) is 0 Å². The van der Waals surface area contributed by atoms with Crippen LogP contribution in [0.5, 0.6) is 0 Å². The lowest BCUT2D eigenvalue weighted by Gasteiger charge is -2.04. The van der Waals surface area contributed by atoms with Crippen LogP contribution in [0.15, 0.2) is 5.38 Å². The van der Waals surface area contributed by atoms with Gasteiger partial charge in [0.15, 0.2) is 10.7 Å². The molecule has 0 radical (unpaired) electrons. The smallest absolute Gasteiger partial charge is 0.355 e. The largest absolute Gasteiger partial charge is 0.476 e. The topological polar surface area (TPSA) is 79.3 Å². The van der Waals surface area contributed by atoms with Crippen LogP contribution in [0.1, 0.15) is 40.6 Å².